The number of hydrogen-bond acceptors (Lipinski definition) is 6. The van der Waals surface area contributed by atoms with Crippen LogP contribution in [0.1, 0.15) is 5.56 Å². The highest BCUT2D eigenvalue weighted by Gasteiger charge is 2.05. The van der Waals surface area contributed by atoms with Crippen molar-refractivity contribution in [1.29, 1.82) is 0 Å². The lowest BCUT2D eigenvalue weighted by molar-refractivity contribution is -0.118. The summed E-state index contributed by atoms with van der Waals surface area (Å²) in [7, 11) is 0. The van der Waals surface area contributed by atoms with Gasteiger partial charge in [0.05, 0.1) is 5.75 Å². The minimum Gasteiger partial charge on any atom is -0.439 e. The van der Waals surface area contributed by atoms with Gasteiger partial charge in [0, 0.05) is 31.2 Å². The normalized spacial score (nSPS) is 10.2. The molecule has 2 heterocycles. The number of nitrogens with one attached hydrogen (secondary N) is 1. The SMILES string of the molecule is O=C(CSc1ncccn1)NCc1cccc(Oc2ccccn2)c1. The van der Waals surface area contributed by atoms with E-state index in [2.05, 4.69) is 20.3 Å². The van der Waals surface area contributed by atoms with Gasteiger partial charge in [-0.05, 0) is 29.8 Å². The molecule has 3 aromatic rings. The van der Waals surface area contributed by atoms with Crippen molar-refractivity contribution >= 4 is 17.7 Å². The molecule has 0 atom stereocenters. The van der Waals surface area contributed by atoms with Gasteiger partial charge in [0.2, 0.25) is 11.8 Å². The Kier molecular flexibility index (Phi) is 5.95. The average Bonchev–Trinajstić information content (AvgIpc) is 2.67. The number of benzene rings is 1. The van der Waals surface area contributed by atoms with E-state index in [1.807, 2.05) is 36.4 Å². The molecule has 0 aliphatic rings. The maximum atomic E-state index is 11.9. The molecule has 0 aliphatic heterocycles. The zero-order valence-corrected chi connectivity index (χ0v) is 14.1. The molecule has 1 aromatic carbocycles. The molecule has 0 fully saturated rings. The number of pyridine rings is 1. The highest BCUT2D eigenvalue weighted by Crippen LogP contribution is 2.20. The van der Waals surface area contributed by atoms with Crippen LogP contribution in [0, 0.1) is 0 Å². The van der Waals surface area contributed by atoms with Gasteiger partial charge >= 0.3 is 0 Å². The largest absolute Gasteiger partial charge is 0.439 e. The van der Waals surface area contributed by atoms with Crippen LogP contribution in [0.3, 0.4) is 0 Å². The van der Waals surface area contributed by atoms with Crippen molar-refractivity contribution in [2.45, 2.75) is 11.7 Å². The van der Waals surface area contributed by atoms with E-state index < -0.39 is 0 Å². The summed E-state index contributed by atoms with van der Waals surface area (Å²) >= 11 is 1.30. The molecule has 0 spiro atoms. The molecular formula is C18H16N4O2S. The molecule has 25 heavy (non-hydrogen) atoms. The number of carbonyl (C=O) groups excluding carboxylic acids is 1. The first-order chi connectivity index (χ1) is 12.3. The first-order valence-electron chi connectivity index (χ1n) is 7.64. The third-order valence-corrected chi connectivity index (χ3v) is 4.00. The van der Waals surface area contributed by atoms with Crippen molar-refractivity contribution in [3.05, 3.63) is 72.7 Å². The summed E-state index contributed by atoms with van der Waals surface area (Å²) in [5.41, 5.74) is 0.947. The summed E-state index contributed by atoms with van der Waals surface area (Å²) in [6.07, 6.45) is 4.98. The zero-order chi connectivity index (χ0) is 17.3. The van der Waals surface area contributed by atoms with Crippen LogP contribution >= 0.6 is 11.8 Å². The molecule has 0 saturated heterocycles. The van der Waals surface area contributed by atoms with Gasteiger partial charge in [0.15, 0.2) is 5.16 Å². The minimum absolute atomic E-state index is 0.0755. The lowest BCUT2D eigenvalue weighted by atomic mass is 10.2. The molecule has 2 aromatic heterocycles. The molecule has 0 aliphatic carbocycles. The van der Waals surface area contributed by atoms with E-state index in [0.29, 0.717) is 23.3 Å². The number of amides is 1. The van der Waals surface area contributed by atoms with Gasteiger partial charge in [-0.3, -0.25) is 4.79 Å². The monoisotopic (exact) mass is 352 g/mol. The topological polar surface area (TPSA) is 77.0 Å². The minimum atomic E-state index is -0.0755. The first-order valence-corrected chi connectivity index (χ1v) is 8.62. The Hall–Kier alpha value is -2.93. The number of nitrogens with zero attached hydrogens (tertiary/aromatic N) is 3. The van der Waals surface area contributed by atoms with Crippen LogP contribution in [0.25, 0.3) is 0 Å². The maximum absolute atomic E-state index is 11.9. The molecule has 0 unspecified atom stereocenters. The Morgan fingerprint density at radius 3 is 2.64 bits per heavy atom. The van der Waals surface area contributed by atoms with E-state index in [0.717, 1.165) is 5.56 Å². The predicted molar refractivity (Wildman–Crippen MR) is 95.4 cm³/mol. The Bertz CT molecular complexity index is 816. The summed E-state index contributed by atoms with van der Waals surface area (Å²) in [5, 5.41) is 3.46. The summed E-state index contributed by atoms with van der Waals surface area (Å²) in [6.45, 7) is 0.425. The quantitative estimate of drug-likeness (QED) is 0.520. The molecule has 126 valence electrons. The number of thioether (sulfide) groups is 1. The van der Waals surface area contributed by atoms with Gasteiger partial charge in [-0.2, -0.15) is 0 Å². The molecule has 0 radical (unpaired) electrons. The van der Waals surface area contributed by atoms with E-state index in [1.54, 1.807) is 30.7 Å². The van der Waals surface area contributed by atoms with Crippen molar-refractivity contribution in [2.24, 2.45) is 0 Å². The van der Waals surface area contributed by atoms with E-state index in [1.165, 1.54) is 11.8 Å². The maximum Gasteiger partial charge on any atom is 0.230 e. The standard InChI is InChI=1S/C18H16N4O2S/c23-16(13-25-18-20-9-4-10-21-18)22-12-14-5-3-6-15(11-14)24-17-7-1-2-8-19-17/h1-11H,12-13H2,(H,22,23). The van der Waals surface area contributed by atoms with Crippen LogP contribution in [0.5, 0.6) is 11.6 Å². The lowest BCUT2D eigenvalue weighted by Gasteiger charge is -2.08. The number of hydrogen-bond donors (Lipinski definition) is 1. The Morgan fingerprint density at radius 2 is 1.84 bits per heavy atom. The van der Waals surface area contributed by atoms with Crippen molar-refractivity contribution in [1.82, 2.24) is 20.3 Å². The van der Waals surface area contributed by atoms with Crippen molar-refractivity contribution < 1.29 is 9.53 Å². The van der Waals surface area contributed by atoms with Crippen LogP contribution in [-0.2, 0) is 11.3 Å². The molecule has 6 nitrogen and oxygen atoms in total. The van der Waals surface area contributed by atoms with E-state index >= 15 is 0 Å². The van der Waals surface area contributed by atoms with Crippen molar-refractivity contribution in [3.63, 3.8) is 0 Å². The van der Waals surface area contributed by atoms with Crippen LogP contribution in [0.2, 0.25) is 0 Å². The number of rotatable bonds is 7. The van der Waals surface area contributed by atoms with Crippen LogP contribution in [-0.4, -0.2) is 26.6 Å². The second-order valence-corrected chi connectivity index (χ2v) is 5.96. The summed E-state index contributed by atoms with van der Waals surface area (Å²) in [6, 6.07) is 14.8. The highest BCUT2D eigenvalue weighted by atomic mass is 32.2. The third kappa shape index (κ3) is 5.58. The van der Waals surface area contributed by atoms with Gasteiger partial charge < -0.3 is 10.1 Å². The number of carbonyl (C=O) groups is 1. The predicted octanol–water partition coefficient (Wildman–Crippen LogP) is 3.07. The highest BCUT2D eigenvalue weighted by molar-refractivity contribution is 7.99. The first kappa shape index (κ1) is 16.9. The molecule has 0 bridgehead atoms. The fourth-order valence-corrected chi connectivity index (χ4v) is 2.62. The van der Waals surface area contributed by atoms with Crippen LogP contribution < -0.4 is 10.1 Å². The smallest absolute Gasteiger partial charge is 0.230 e. The Morgan fingerprint density at radius 1 is 1.00 bits per heavy atom. The van der Waals surface area contributed by atoms with Gasteiger partial charge in [0.1, 0.15) is 5.75 Å². The van der Waals surface area contributed by atoms with Crippen molar-refractivity contribution in [2.75, 3.05) is 5.75 Å². The zero-order valence-electron chi connectivity index (χ0n) is 13.3. The van der Waals surface area contributed by atoms with Crippen LogP contribution in [0.4, 0.5) is 0 Å². The van der Waals surface area contributed by atoms with E-state index in [9.17, 15) is 4.79 Å². The molecule has 0 saturated carbocycles. The average molecular weight is 352 g/mol. The van der Waals surface area contributed by atoms with Gasteiger partial charge in [0.25, 0.3) is 0 Å². The molecule has 1 amide bonds. The summed E-state index contributed by atoms with van der Waals surface area (Å²) in [5.74, 6) is 1.41. The van der Waals surface area contributed by atoms with Crippen LogP contribution in [0.15, 0.2) is 72.3 Å². The van der Waals surface area contributed by atoms with E-state index in [-0.39, 0.29) is 11.7 Å². The second kappa shape index (κ2) is 8.79. The second-order valence-electron chi connectivity index (χ2n) is 5.01. The number of ether oxygens (including phenoxy) is 1. The molecular weight excluding hydrogens is 336 g/mol. The van der Waals surface area contributed by atoms with Gasteiger partial charge in [-0.1, -0.05) is 30.0 Å². The van der Waals surface area contributed by atoms with Gasteiger partial charge in [-0.15, -0.1) is 0 Å². The third-order valence-electron chi connectivity index (χ3n) is 3.12. The van der Waals surface area contributed by atoms with E-state index in [4.69, 9.17) is 4.74 Å². The Balaban J connectivity index is 1.49. The lowest BCUT2D eigenvalue weighted by Crippen LogP contribution is -2.24. The van der Waals surface area contributed by atoms with Gasteiger partial charge in [-0.25, -0.2) is 15.0 Å². The molecule has 3 rings (SSSR count). The summed E-state index contributed by atoms with van der Waals surface area (Å²) in [4.78, 5) is 24.2. The fraction of sp³-hybridized carbons (Fsp3) is 0.111. The van der Waals surface area contributed by atoms with Crippen molar-refractivity contribution in [3.8, 4) is 11.6 Å². The summed E-state index contributed by atoms with van der Waals surface area (Å²) < 4.78 is 5.69. The molecule has 7 heteroatoms. The molecule has 1 N–H and O–H groups in total. The number of aromatic nitrogens is 3. The Labute approximate surface area is 149 Å². The fourth-order valence-electron chi connectivity index (χ4n) is 1.99.